The van der Waals surface area contributed by atoms with Crippen molar-refractivity contribution in [2.24, 2.45) is 28.3 Å². The Labute approximate surface area is 251 Å². The number of Topliss-reactive ketones (excluding diaryl/α,β-unsaturated/α-hetero) is 2. The topological polar surface area (TPSA) is 215 Å². The minimum Gasteiger partial charge on any atom is -0.508 e. The third-order valence-corrected chi connectivity index (χ3v) is 8.52. The number of guanidine groups is 1. The summed E-state index contributed by atoms with van der Waals surface area (Å²) in [5.41, 5.74) is 8.76. The van der Waals surface area contributed by atoms with Crippen molar-refractivity contribution in [1.29, 1.82) is 0 Å². The molecule has 14 heteroatoms. The van der Waals surface area contributed by atoms with Crippen LogP contribution < -0.4 is 21.7 Å². The van der Waals surface area contributed by atoms with Gasteiger partial charge in [0.2, 0.25) is 5.78 Å². The minimum atomic E-state index is -2.75. The molecule has 3 aliphatic rings. The number of anilines is 2. The number of nitrogens with one attached hydrogen (secondary N) is 1. The number of aliphatic hydroxyl groups excluding tert-OH is 2. The molecule has 1 saturated carbocycles. The van der Waals surface area contributed by atoms with Gasteiger partial charge >= 0.3 is 0 Å². The Morgan fingerprint density at radius 2 is 1.73 bits per heavy atom. The van der Waals surface area contributed by atoms with Gasteiger partial charge < -0.3 is 42.1 Å². The molecule has 0 aromatic heterocycles. The number of primary amides is 1. The number of nitrogens with two attached hydrogens (primary N) is 2. The van der Waals surface area contributed by atoms with Crippen LogP contribution in [0.15, 0.2) is 52.2 Å². The maximum absolute atomic E-state index is 14.1. The van der Waals surface area contributed by atoms with Gasteiger partial charge in [0.15, 0.2) is 23.1 Å². The van der Waals surface area contributed by atoms with Crippen molar-refractivity contribution in [3.8, 4) is 5.75 Å². The molecule has 0 heterocycles. The Hall–Kier alpha value is -4.95. The number of likely N-dealkylation sites (N-methyl/N-ethyl adjacent to an activating group) is 1. The molecule has 3 aliphatic carbocycles. The van der Waals surface area contributed by atoms with Crippen LogP contribution in [0.1, 0.15) is 17.5 Å². The highest BCUT2D eigenvalue weighted by atomic mass is 19.1. The quantitative estimate of drug-likeness (QED) is 0.146. The van der Waals surface area contributed by atoms with Gasteiger partial charge in [-0.15, -0.1) is 0 Å². The lowest BCUT2D eigenvalue weighted by molar-refractivity contribution is -0.153. The van der Waals surface area contributed by atoms with Crippen molar-refractivity contribution in [3.63, 3.8) is 0 Å². The normalized spacial score (nSPS) is 25.1. The van der Waals surface area contributed by atoms with E-state index in [1.165, 1.54) is 43.3 Å². The third-order valence-electron chi connectivity index (χ3n) is 8.52. The number of halogens is 1. The number of aromatic hydroxyl groups is 1. The summed E-state index contributed by atoms with van der Waals surface area (Å²) in [7, 11) is 6.54. The fraction of sp³-hybridized carbons (Fsp3) is 0.333. The molecular formula is C30H33FN6O7. The summed E-state index contributed by atoms with van der Waals surface area (Å²) in [6.45, 7) is 0. The molecule has 44 heavy (non-hydrogen) atoms. The lowest BCUT2D eigenvalue weighted by Crippen LogP contribution is -2.65. The number of hydrogen-bond acceptors (Lipinski definition) is 10. The number of phenols is 1. The standard InChI is InChI=1S/C30H33FN6O7/c1-36(2)18-11-17(35-29(33)34-14-7-5-13(31)6-8-14)23(38)20-15(18)9-12-10-16-22(37(3)4)25(40)21(28(32)43)27(42)30(16,44)26(41)19(12)24(20)39/h5-8,11-12,16,22,38-39,42,44H,9-10H2,1-4H3,(H2,32,43)(H3,33,34,35). The number of amides is 1. The maximum Gasteiger partial charge on any atom is 0.255 e. The summed E-state index contributed by atoms with van der Waals surface area (Å²) in [6.07, 6.45) is 0.0801. The van der Waals surface area contributed by atoms with Crippen LogP contribution >= 0.6 is 0 Å². The molecule has 13 nitrogen and oxygen atoms in total. The number of ketones is 2. The predicted octanol–water partition coefficient (Wildman–Crippen LogP) is 1.23. The number of aliphatic hydroxyl groups is 3. The van der Waals surface area contributed by atoms with Gasteiger partial charge in [-0.3, -0.25) is 19.3 Å². The van der Waals surface area contributed by atoms with E-state index in [0.717, 1.165) is 0 Å². The molecular weight excluding hydrogens is 575 g/mol. The van der Waals surface area contributed by atoms with E-state index in [9.17, 15) is 39.2 Å². The van der Waals surface area contributed by atoms with Gasteiger partial charge in [0.1, 0.15) is 28.6 Å². The van der Waals surface area contributed by atoms with Gasteiger partial charge in [-0.05, 0) is 68.8 Å². The molecule has 1 amide bonds. The Balaban J connectivity index is 1.68. The first kappa shape index (κ1) is 30.5. The summed E-state index contributed by atoms with van der Waals surface area (Å²) in [5, 5.41) is 48.5. The Bertz CT molecular complexity index is 1700. The fourth-order valence-corrected chi connectivity index (χ4v) is 6.60. The highest BCUT2D eigenvalue weighted by Crippen LogP contribution is 2.54. The zero-order valence-electron chi connectivity index (χ0n) is 24.4. The zero-order chi connectivity index (χ0) is 32.4. The van der Waals surface area contributed by atoms with Gasteiger partial charge in [0, 0.05) is 37.0 Å². The molecule has 0 saturated heterocycles. The van der Waals surface area contributed by atoms with Gasteiger partial charge in [0.05, 0.1) is 11.6 Å². The highest BCUT2D eigenvalue weighted by Gasteiger charge is 2.64. The second-order valence-electron chi connectivity index (χ2n) is 11.6. The molecule has 1 fully saturated rings. The lowest BCUT2D eigenvalue weighted by atomic mass is 9.57. The van der Waals surface area contributed by atoms with E-state index < -0.39 is 69.6 Å². The molecule has 0 radical (unpaired) electrons. The van der Waals surface area contributed by atoms with Gasteiger partial charge in [-0.1, -0.05) is 0 Å². The van der Waals surface area contributed by atoms with Crippen molar-refractivity contribution in [2.45, 2.75) is 24.5 Å². The maximum atomic E-state index is 14.1. The van der Waals surface area contributed by atoms with Crippen molar-refractivity contribution in [1.82, 2.24) is 4.90 Å². The van der Waals surface area contributed by atoms with Crippen LogP contribution in [0.5, 0.6) is 5.75 Å². The van der Waals surface area contributed by atoms with Crippen molar-refractivity contribution >= 4 is 46.3 Å². The van der Waals surface area contributed by atoms with Gasteiger partial charge in [-0.2, -0.15) is 0 Å². The molecule has 4 unspecified atom stereocenters. The number of aliphatic imine (C=N–C) groups is 1. The smallest absolute Gasteiger partial charge is 0.255 e. The first-order chi connectivity index (χ1) is 20.6. The van der Waals surface area contributed by atoms with Crippen LogP contribution in [-0.4, -0.2) is 88.6 Å². The van der Waals surface area contributed by atoms with Crippen LogP contribution in [0.2, 0.25) is 0 Å². The summed E-state index contributed by atoms with van der Waals surface area (Å²) < 4.78 is 13.3. The van der Waals surface area contributed by atoms with Crippen LogP contribution in [0.4, 0.5) is 21.5 Å². The average molecular weight is 609 g/mol. The molecule has 232 valence electrons. The molecule has 2 aromatic carbocycles. The highest BCUT2D eigenvalue weighted by molar-refractivity contribution is 6.24. The van der Waals surface area contributed by atoms with E-state index >= 15 is 0 Å². The summed E-state index contributed by atoms with van der Waals surface area (Å²) in [5.74, 6) is -8.09. The molecule has 9 N–H and O–H groups in total. The molecule has 4 atom stereocenters. The van der Waals surface area contributed by atoms with Crippen LogP contribution in [0, 0.1) is 17.7 Å². The number of benzene rings is 2. The van der Waals surface area contributed by atoms with E-state index in [1.54, 1.807) is 25.1 Å². The number of carbonyl (C=O) groups is 3. The van der Waals surface area contributed by atoms with Crippen molar-refractivity contribution < 1.29 is 39.2 Å². The average Bonchev–Trinajstić information content (AvgIpc) is 2.93. The number of phenolic OH excluding ortho intramolecular Hbond substituents is 1. The lowest BCUT2D eigenvalue weighted by Gasteiger charge is -2.50. The molecule has 0 spiro atoms. The number of carbonyl (C=O) groups excluding carboxylic acids is 3. The van der Waals surface area contributed by atoms with E-state index in [2.05, 4.69) is 10.3 Å². The van der Waals surface area contributed by atoms with Crippen molar-refractivity contribution in [2.75, 3.05) is 38.4 Å². The van der Waals surface area contributed by atoms with E-state index in [1.807, 2.05) is 0 Å². The Kier molecular flexibility index (Phi) is 7.38. The monoisotopic (exact) mass is 608 g/mol. The number of nitrogens with zero attached hydrogens (tertiary/aromatic N) is 3. The second-order valence-corrected chi connectivity index (χ2v) is 11.6. The van der Waals surface area contributed by atoms with E-state index in [-0.39, 0.29) is 35.6 Å². The first-order valence-electron chi connectivity index (χ1n) is 13.7. The number of fused-ring (bicyclic) bond motifs is 3. The first-order valence-corrected chi connectivity index (χ1v) is 13.7. The zero-order valence-corrected chi connectivity index (χ0v) is 24.4. The summed E-state index contributed by atoms with van der Waals surface area (Å²) >= 11 is 0. The van der Waals surface area contributed by atoms with E-state index in [4.69, 9.17) is 11.5 Å². The molecule has 2 aromatic rings. The van der Waals surface area contributed by atoms with Crippen LogP contribution in [0.25, 0.3) is 5.76 Å². The van der Waals surface area contributed by atoms with Gasteiger partial charge in [-0.25, -0.2) is 9.38 Å². The SMILES string of the molecule is CN(C)c1cc(N=C(N)Nc2ccc(F)cc2)c(O)c2c1CC1CC3C(N(C)C)C(=O)C(C(N)=O)=C(O)C3(O)C(=O)C1=C2O. The summed E-state index contributed by atoms with van der Waals surface area (Å²) in [6, 6.07) is 5.69. The second kappa shape index (κ2) is 10.6. The minimum absolute atomic E-state index is 0.0339. The van der Waals surface area contributed by atoms with Crippen LogP contribution in [-0.2, 0) is 20.8 Å². The Morgan fingerprint density at radius 3 is 2.30 bits per heavy atom. The fourth-order valence-electron chi connectivity index (χ4n) is 6.60. The Morgan fingerprint density at radius 1 is 1.09 bits per heavy atom. The van der Waals surface area contributed by atoms with Gasteiger partial charge in [0.25, 0.3) is 5.91 Å². The van der Waals surface area contributed by atoms with E-state index in [0.29, 0.717) is 16.9 Å². The molecule has 0 aliphatic heterocycles. The summed E-state index contributed by atoms with van der Waals surface area (Å²) in [4.78, 5) is 46.9. The molecule has 0 bridgehead atoms. The third kappa shape index (κ3) is 4.53. The largest absolute Gasteiger partial charge is 0.508 e. The van der Waals surface area contributed by atoms with Crippen LogP contribution in [0.3, 0.4) is 0 Å². The number of hydrogen-bond donors (Lipinski definition) is 7. The predicted molar refractivity (Wildman–Crippen MR) is 160 cm³/mol. The van der Waals surface area contributed by atoms with Crippen molar-refractivity contribution in [3.05, 3.63) is 64.2 Å². The molecule has 5 rings (SSSR count). The number of rotatable bonds is 5.